The molecule has 6 aromatic rings. The van der Waals surface area contributed by atoms with E-state index in [1.807, 2.05) is 49.1 Å². The molecule has 1 N–H and O–H groups in total. The molecule has 0 saturated heterocycles. The van der Waals surface area contributed by atoms with E-state index in [-0.39, 0.29) is 34.5 Å². The average Bonchev–Trinajstić information content (AvgIpc) is 3.96. The number of rotatable bonds is 7. The van der Waals surface area contributed by atoms with Gasteiger partial charge < -0.3 is 35.9 Å². The molecule has 19 heteroatoms. The predicted octanol–water partition coefficient (Wildman–Crippen LogP) is 5.98. The topological polar surface area (TPSA) is 115 Å². The molecule has 50 heavy (non-hydrogen) atoms. The minimum absolute atomic E-state index is 0. The van der Waals surface area contributed by atoms with Crippen LogP contribution in [-0.4, -0.2) is 78.3 Å². The molecule has 11 nitrogen and oxygen atoms in total. The summed E-state index contributed by atoms with van der Waals surface area (Å²) in [6.07, 6.45) is 17.0. The number of nitrogens with one attached hydrogen (secondary N) is 1. The van der Waals surface area contributed by atoms with Gasteiger partial charge in [-0.2, -0.15) is 5.10 Å². The Morgan fingerprint density at radius 1 is 0.780 bits per heavy atom. The summed E-state index contributed by atoms with van der Waals surface area (Å²) in [6, 6.07) is 28.9. The molecule has 0 amide bonds. The van der Waals surface area contributed by atoms with Gasteiger partial charge in [0.15, 0.2) is 0 Å². The first-order chi connectivity index (χ1) is 23.7. The van der Waals surface area contributed by atoms with E-state index in [1.54, 1.807) is 44.8 Å². The second kappa shape index (κ2) is 22.9. The second-order valence-electron chi connectivity index (χ2n) is 9.89. The Morgan fingerprint density at radius 3 is 1.50 bits per heavy atom. The van der Waals surface area contributed by atoms with Crippen LogP contribution in [0.3, 0.4) is 0 Å². The first kappa shape index (κ1) is 41.5. The standard InChI is InChI=1S/C13H13P.C9H9BN6.C6H10N2O.C3H4N2.BF4.Ru/c1-14(12-8-4-2-5-9-12)13-10-6-3-7-11-13;1-4-11-14(7-1)10(15-8-2-5-12-15)16-9-3-6-13-16;1-2-8-4-3-6(5-8)7-9;1-2-4-5-3-1;2-1(3,4)5;/h2-11H,1H3;1-9H;5H,2-4H2,1H3;1-3H,(H,4,5);;/q;-1;;;-1;+2. The molecule has 1 aliphatic heterocycles. The molecule has 4 aromatic heterocycles. The third-order valence-corrected chi connectivity index (χ3v) is 8.63. The van der Waals surface area contributed by atoms with Crippen molar-refractivity contribution < 1.29 is 36.7 Å². The van der Waals surface area contributed by atoms with E-state index in [1.165, 1.54) is 10.6 Å². The van der Waals surface area contributed by atoms with Gasteiger partial charge in [0.2, 0.25) is 0 Å². The van der Waals surface area contributed by atoms with Crippen LogP contribution in [-0.2, 0) is 19.5 Å². The van der Waals surface area contributed by atoms with E-state index in [0.717, 1.165) is 19.5 Å². The summed E-state index contributed by atoms with van der Waals surface area (Å²) >= 11 is 0. The molecular weight excluding hydrogens is 758 g/mol. The van der Waals surface area contributed by atoms with E-state index in [2.05, 4.69) is 110 Å². The maximum Gasteiger partial charge on any atom is 2.00 e. The Balaban J connectivity index is 0.000000232. The molecule has 7 rings (SSSR count). The van der Waals surface area contributed by atoms with E-state index in [4.69, 9.17) is 0 Å². The van der Waals surface area contributed by atoms with Crippen molar-refractivity contribution in [3.8, 4) is 0 Å². The molecule has 0 bridgehead atoms. The Morgan fingerprint density at radius 2 is 1.24 bits per heavy atom. The summed E-state index contributed by atoms with van der Waals surface area (Å²) in [7, 11) is -6.37. The Kier molecular flexibility index (Phi) is 19.0. The van der Waals surface area contributed by atoms with Gasteiger partial charge in [0, 0.05) is 56.7 Å². The van der Waals surface area contributed by atoms with Crippen LogP contribution in [0.25, 0.3) is 0 Å². The number of hydrogen-bond donors (Lipinski definition) is 1. The van der Waals surface area contributed by atoms with Gasteiger partial charge in [0.05, 0.1) is 0 Å². The Labute approximate surface area is 302 Å². The maximum atomic E-state index is 9.92. The first-order valence-corrected chi connectivity index (χ1v) is 16.9. The van der Waals surface area contributed by atoms with Crippen molar-refractivity contribution in [2.24, 2.45) is 5.18 Å². The molecule has 2 aromatic carbocycles. The summed E-state index contributed by atoms with van der Waals surface area (Å²) in [6.45, 7) is 6.29. The smallest absolute Gasteiger partial charge is 0.425 e. The van der Waals surface area contributed by atoms with Gasteiger partial charge in [-0.25, -0.2) is 15.3 Å². The van der Waals surface area contributed by atoms with Crippen molar-refractivity contribution >= 4 is 32.9 Å². The van der Waals surface area contributed by atoms with Gasteiger partial charge >= 0.3 is 26.7 Å². The number of hydrogen-bond acceptors (Lipinski definition) is 7. The average molecular weight is 794 g/mol. The number of aromatic amines is 1. The number of halogens is 4. The van der Waals surface area contributed by atoms with E-state index in [0.29, 0.717) is 5.70 Å². The van der Waals surface area contributed by atoms with Crippen molar-refractivity contribution in [1.29, 1.82) is 0 Å². The van der Waals surface area contributed by atoms with Crippen LogP contribution in [0.4, 0.5) is 17.3 Å². The number of H-pyrrole nitrogens is 1. The van der Waals surface area contributed by atoms with Crippen LogP contribution in [0.5, 0.6) is 0 Å². The molecule has 5 heterocycles. The summed E-state index contributed by atoms with van der Waals surface area (Å²) in [5.74, 6) is 0. The number of nitroso groups, excluding NO2 is 1. The fraction of sp³-hybridized carbons (Fsp3) is 0.161. The molecular formula is C31H36B2F4N10OPRu. The molecule has 0 saturated carbocycles. The fourth-order valence-corrected chi connectivity index (χ4v) is 5.74. The van der Waals surface area contributed by atoms with E-state index >= 15 is 0 Å². The molecule has 0 fully saturated rings. The molecule has 1 radical (unpaired) electrons. The zero-order valence-corrected chi connectivity index (χ0v) is 29.9. The van der Waals surface area contributed by atoms with Crippen molar-refractivity contribution in [2.45, 2.75) is 13.3 Å². The van der Waals surface area contributed by atoms with Gasteiger partial charge in [-0.15, -0.1) is 4.91 Å². The van der Waals surface area contributed by atoms with E-state index < -0.39 is 7.25 Å². The van der Waals surface area contributed by atoms with Gasteiger partial charge in [-0.1, -0.05) is 60.7 Å². The quantitative estimate of drug-likeness (QED) is 0.0921. The largest absolute Gasteiger partial charge is 2.00 e. The van der Waals surface area contributed by atoms with Crippen molar-refractivity contribution in [3.05, 3.63) is 151 Å². The molecule has 0 spiro atoms. The summed E-state index contributed by atoms with van der Waals surface area (Å²) in [5.41, 5.74) is 0.678. The third kappa shape index (κ3) is 15.7. The summed E-state index contributed by atoms with van der Waals surface area (Å²) < 4.78 is 44.4. The van der Waals surface area contributed by atoms with Gasteiger partial charge in [-0.05, 0) is 80.2 Å². The van der Waals surface area contributed by atoms with Crippen LogP contribution < -0.4 is 10.6 Å². The van der Waals surface area contributed by atoms with Crippen molar-refractivity contribution in [3.63, 3.8) is 0 Å². The van der Waals surface area contributed by atoms with Gasteiger partial charge in [0.1, 0.15) is 5.70 Å². The molecule has 0 aliphatic carbocycles. The van der Waals surface area contributed by atoms with Crippen LogP contribution in [0.2, 0.25) is 0 Å². The van der Waals surface area contributed by atoms with Gasteiger partial charge in [-0.3, -0.25) is 5.10 Å². The van der Waals surface area contributed by atoms with Crippen LogP contribution >= 0.6 is 7.92 Å². The number of nitrogens with zero attached hydrogens (tertiary/aromatic N) is 9. The Hall–Kier alpha value is -4.68. The SMILES string of the molecule is CCN1C=C(N=O)CC1.CP(c1ccccc1)c1ccccc1.F[B-](F)(F)F.[Ru+2].c1cn[nH]c1.c1cnn([B-](n2cccn2)n2cccn2)c1. The maximum absolute atomic E-state index is 9.92. The summed E-state index contributed by atoms with van der Waals surface area (Å²) in [5, 5.41) is 24.6. The van der Waals surface area contributed by atoms with Crippen molar-refractivity contribution in [1.82, 2.24) is 44.2 Å². The van der Waals surface area contributed by atoms with E-state index in [9.17, 15) is 22.2 Å². The normalized spacial score (nSPS) is 11.7. The Bertz CT molecular complexity index is 1560. The minimum atomic E-state index is -6.00. The third-order valence-electron chi connectivity index (χ3n) is 6.49. The monoisotopic (exact) mass is 795 g/mol. The molecule has 263 valence electrons. The number of aromatic nitrogens is 8. The predicted molar refractivity (Wildman–Crippen MR) is 188 cm³/mol. The van der Waals surface area contributed by atoms with Crippen molar-refractivity contribution in [2.75, 3.05) is 19.8 Å². The number of benzene rings is 2. The van der Waals surface area contributed by atoms with Crippen LogP contribution in [0.1, 0.15) is 13.3 Å². The van der Waals surface area contributed by atoms with Crippen LogP contribution in [0.15, 0.2) is 152 Å². The minimum Gasteiger partial charge on any atom is -0.425 e. The molecule has 1 aliphatic rings. The van der Waals surface area contributed by atoms with Crippen LogP contribution in [0, 0.1) is 4.91 Å². The second-order valence-corrected chi connectivity index (χ2v) is 12.0. The zero-order chi connectivity index (χ0) is 35.3. The van der Waals surface area contributed by atoms with Gasteiger partial charge in [0.25, 0.3) is 7.12 Å². The zero-order valence-electron chi connectivity index (χ0n) is 27.3. The summed E-state index contributed by atoms with van der Waals surface area (Å²) in [4.78, 5) is 12.0. The fourth-order valence-electron chi connectivity index (χ4n) is 4.20. The molecule has 0 atom stereocenters. The first-order valence-electron chi connectivity index (χ1n) is 15.1. The molecule has 0 unspecified atom stereocenters.